The zero-order chi connectivity index (χ0) is 31.8. The van der Waals surface area contributed by atoms with E-state index in [2.05, 4.69) is 24.3 Å². The molecule has 4 atom stereocenters. The molecule has 250 valence electrons. The molecular formula is C36H58O8. The standard InChI is InChI=1S/C36H58O8/c1-29(37)25-43-31(3)27-39-21-9-5-7-11-23-41-35-17-13-33(14-18-35)34-15-19-36(20-16-34)42-24-12-8-6-10-22-40-28-32(4)44-26-30(2)38/h13-20,29-32,37-38H,5-12,21-28H2,1-4H3. The Kier molecular flexibility index (Phi) is 20.8. The molecule has 2 aromatic rings. The van der Waals surface area contributed by atoms with Crippen molar-refractivity contribution in [3.63, 3.8) is 0 Å². The SMILES string of the molecule is CC(O)COC(C)COCCCCCCOc1ccc(-c2ccc(OCCCCCCOCC(C)OCC(C)O)cc2)cc1. The molecule has 0 radical (unpaired) electrons. The lowest BCUT2D eigenvalue weighted by Crippen LogP contribution is -2.21. The van der Waals surface area contributed by atoms with E-state index in [9.17, 15) is 10.2 Å². The van der Waals surface area contributed by atoms with Gasteiger partial charge in [0, 0.05) is 13.2 Å². The van der Waals surface area contributed by atoms with Gasteiger partial charge < -0.3 is 38.6 Å². The van der Waals surface area contributed by atoms with Gasteiger partial charge in [0.2, 0.25) is 0 Å². The lowest BCUT2D eigenvalue weighted by molar-refractivity contribution is -0.0369. The maximum atomic E-state index is 9.24. The number of hydrogen-bond donors (Lipinski definition) is 2. The molecular weight excluding hydrogens is 560 g/mol. The van der Waals surface area contributed by atoms with Crippen molar-refractivity contribution in [2.24, 2.45) is 0 Å². The Morgan fingerprint density at radius 3 is 1.14 bits per heavy atom. The van der Waals surface area contributed by atoms with Crippen molar-refractivity contribution < 1.29 is 38.6 Å². The van der Waals surface area contributed by atoms with Crippen LogP contribution in [0.15, 0.2) is 48.5 Å². The molecule has 0 heterocycles. The van der Waals surface area contributed by atoms with E-state index in [4.69, 9.17) is 28.4 Å². The van der Waals surface area contributed by atoms with Crippen molar-refractivity contribution in [2.45, 2.75) is 103 Å². The van der Waals surface area contributed by atoms with Gasteiger partial charge in [-0.3, -0.25) is 0 Å². The molecule has 4 unspecified atom stereocenters. The average molecular weight is 619 g/mol. The van der Waals surface area contributed by atoms with Gasteiger partial charge >= 0.3 is 0 Å². The number of benzene rings is 2. The zero-order valence-electron chi connectivity index (χ0n) is 27.6. The second-order valence-electron chi connectivity index (χ2n) is 11.7. The zero-order valence-corrected chi connectivity index (χ0v) is 27.6. The third-order valence-electron chi connectivity index (χ3n) is 6.89. The molecule has 0 amide bonds. The summed E-state index contributed by atoms with van der Waals surface area (Å²) in [7, 11) is 0. The van der Waals surface area contributed by atoms with Crippen LogP contribution in [0.25, 0.3) is 11.1 Å². The molecule has 0 saturated carbocycles. The van der Waals surface area contributed by atoms with Gasteiger partial charge in [-0.05, 0) is 102 Å². The summed E-state index contributed by atoms with van der Waals surface area (Å²) < 4.78 is 34.1. The second kappa shape index (κ2) is 24.1. The first kappa shape index (κ1) is 38.0. The van der Waals surface area contributed by atoms with Gasteiger partial charge in [0.25, 0.3) is 0 Å². The van der Waals surface area contributed by atoms with E-state index in [0.29, 0.717) is 39.6 Å². The minimum Gasteiger partial charge on any atom is -0.494 e. The lowest BCUT2D eigenvalue weighted by atomic mass is 10.1. The normalized spacial score (nSPS) is 14.2. The molecule has 0 spiro atoms. The largest absolute Gasteiger partial charge is 0.494 e. The van der Waals surface area contributed by atoms with Crippen molar-refractivity contribution in [3.05, 3.63) is 48.5 Å². The molecule has 0 aliphatic carbocycles. The molecule has 2 aromatic carbocycles. The van der Waals surface area contributed by atoms with E-state index < -0.39 is 12.2 Å². The Hall–Kier alpha value is -2.20. The van der Waals surface area contributed by atoms with Gasteiger partial charge in [-0.25, -0.2) is 0 Å². The van der Waals surface area contributed by atoms with Crippen LogP contribution in [-0.4, -0.2) is 87.5 Å². The van der Waals surface area contributed by atoms with E-state index in [-0.39, 0.29) is 12.2 Å². The van der Waals surface area contributed by atoms with E-state index >= 15 is 0 Å². The number of aliphatic hydroxyl groups excluding tert-OH is 2. The first-order valence-electron chi connectivity index (χ1n) is 16.5. The average Bonchev–Trinajstić information content (AvgIpc) is 3.01. The maximum absolute atomic E-state index is 9.24. The fourth-order valence-electron chi connectivity index (χ4n) is 4.39. The summed E-state index contributed by atoms with van der Waals surface area (Å²) in [6.45, 7) is 12.1. The quantitative estimate of drug-likeness (QED) is 0.105. The van der Waals surface area contributed by atoms with Crippen molar-refractivity contribution in [3.8, 4) is 22.6 Å². The Balaban J connectivity index is 1.48. The summed E-state index contributed by atoms with van der Waals surface area (Å²) in [6.07, 6.45) is 7.68. The van der Waals surface area contributed by atoms with E-state index in [1.807, 2.05) is 38.1 Å². The van der Waals surface area contributed by atoms with Crippen LogP contribution in [0.2, 0.25) is 0 Å². The van der Waals surface area contributed by atoms with Gasteiger partial charge in [-0.1, -0.05) is 37.1 Å². The second-order valence-corrected chi connectivity index (χ2v) is 11.7. The molecule has 0 aliphatic heterocycles. The van der Waals surface area contributed by atoms with Crippen LogP contribution in [0.3, 0.4) is 0 Å². The summed E-state index contributed by atoms with van der Waals surface area (Å²) in [5, 5.41) is 18.5. The molecule has 8 nitrogen and oxygen atoms in total. The van der Waals surface area contributed by atoms with E-state index in [1.165, 1.54) is 0 Å². The number of hydrogen-bond acceptors (Lipinski definition) is 8. The fourth-order valence-corrected chi connectivity index (χ4v) is 4.39. The Morgan fingerprint density at radius 2 is 0.795 bits per heavy atom. The Bertz CT molecular complexity index is 855. The Morgan fingerprint density at radius 1 is 0.455 bits per heavy atom. The monoisotopic (exact) mass is 618 g/mol. The molecule has 8 heteroatoms. The minimum atomic E-state index is -0.440. The fraction of sp³-hybridized carbons (Fsp3) is 0.667. The summed E-state index contributed by atoms with van der Waals surface area (Å²) in [6, 6.07) is 16.5. The predicted molar refractivity (Wildman–Crippen MR) is 176 cm³/mol. The smallest absolute Gasteiger partial charge is 0.119 e. The third-order valence-corrected chi connectivity index (χ3v) is 6.89. The molecule has 0 aliphatic rings. The highest BCUT2D eigenvalue weighted by atomic mass is 16.5. The number of unbranched alkanes of at least 4 members (excludes halogenated alkanes) is 6. The molecule has 0 aromatic heterocycles. The maximum Gasteiger partial charge on any atom is 0.119 e. The molecule has 2 rings (SSSR count). The highest BCUT2D eigenvalue weighted by molar-refractivity contribution is 5.64. The molecule has 0 saturated heterocycles. The van der Waals surface area contributed by atoms with Crippen molar-refractivity contribution in [1.29, 1.82) is 0 Å². The first-order valence-corrected chi connectivity index (χ1v) is 16.5. The molecule has 2 N–H and O–H groups in total. The predicted octanol–water partition coefficient (Wildman–Crippen LogP) is 6.84. The van der Waals surface area contributed by atoms with Gasteiger partial charge in [0.05, 0.1) is 64.1 Å². The van der Waals surface area contributed by atoms with Crippen LogP contribution >= 0.6 is 0 Å². The van der Waals surface area contributed by atoms with E-state index in [1.54, 1.807) is 13.8 Å². The number of rotatable bonds is 27. The highest BCUT2D eigenvalue weighted by Gasteiger charge is 2.06. The summed E-state index contributed by atoms with van der Waals surface area (Å²) in [5.74, 6) is 1.79. The molecule has 0 bridgehead atoms. The van der Waals surface area contributed by atoms with Crippen LogP contribution < -0.4 is 9.47 Å². The van der Waals surface area contributed by atoms with Crippen molar-refractivity contribution in [1.82, 2.24) is 0 Å². The van der Waals surface area contributed by atoms with Gasteiger partial charge in [-0.2, -0.15) is 0 Å². The van der Waals surface area contributed by atoms with Crippen LogP contribution in [0.5, 0.6) is 11.5 Å². The van der Waals surface area contributed by atoms with Gasteiger partial charge in [-0.15, -0.1) is 0 Å². The van der Waals surface area contributed by atoms with Crippen molar-refractivity contribution in [2.75, 3.05) is 52.9 Å². The third kappa shape index (κ3) is 19.2. The number of aliphatic hydroxyl groups is 2. The van der Waals surface area contributed by atoms with Crippen LogP contribution in [-0.2, 0) is 18.9 Å². The summed E-state index contributed by atoms with van der Waals surface area (Å²) >= 11 is 0. The lowest BCUT2D eigenvalue weighted by Gasteiger charge is -2.14. The van der Waals surface area contributed by atoms with E-state index in [0.717, 1.165) is 87.2 Å². The van der Waals surface area contributed by atoms with Crippen LogP contribution in [0, 0.1) is 0 Å². The number of ether oxygens (including phenoxy) is 6. The van der Waals surface area contributed by atoms with Crippen molar-refractivity contribution >= 4 is 0 Å². The first-order chi connectivity index (χ1) is 21.3. The minimum absolute atomic E-state index is 0.00515. The highest BCUT2D eigenvalue weighted by Crippen LogP contribution is 2.25. The van der Waals surface area contributed by atoms with Crippen LogP contribution in [0.1, 0.15) is 79.1 Å². The topological polar surface area (TPSA) is 95.8 Å². The summed E-state index contributed by atoms with van der Waals surface area (Å²) in [4.78, 5) is 0. The van der Waals surface area contributed by atoms with Gasteiger partial charge in [0.1, 0.15) is 11.5 Å². The van der Waals surface area contributed by atoms with Crippen LogP contribution in [0.4, 0.5) is 0 Å². The summed E-state index contributed by atoms with van der Waals surface area (Å²) in [5.41, 5.74) is 2.31. The molecule has 44 heavy (non-hydrogen) atoms. The Labute approximate surface area is 266 Å². The van der Waals surface area contributed by atoms with Gasteiger partial charge in [0.15, 0.2) is 0 Å². The molecule has 0 fully saturated rings.